The van der Waals surface area contributed by atoms with E-state index in [1.165, 1.54) is 51.4 Å². The molecule has 0 aromatic heterocycles. The Labute approximate surface area is 345 Å². The van der Waals surface area contributed by atoms with E-state index in [0.717, 1.165) is 77.0 Å². The molecule has 0 aliphatic carbocycles. The molecule has 0 aromatic carbocycles. The van der Waals surface area contributed by atoms with Gasteiger partial charge < -0.3 is 39.4 Å². The van der Waals surface area contributed by atoms with E-state index >= 15 is 0 Å². The van der Waals surface area contributed by atoms with Crippen LogP contribution < -0.4 is 0 Å². The number of aliphatic hydroxyl groups excluding tert-OH is 4. The van der Waals surface area contributed by atoms with E-state index in [4.69, 9.17) is 18.9 Å². The van der Waals surface area contributed by atoms with Gasteiger partial charge in [-0.05, 0) is 83.5 Å². The Morgan fingerprint density at radius 1 is 0.544 bits per heavy atom. The van der Waals surface area contributed by atoms with E-state index in [1.54, 1.807) is 0 Å². The minimum absolute atomic E-state index is 0.199. The number of esters is 2. The number of allylic oxidation sites excluding steroid dienone is 10. The molecule has 6 atom stereocenters. The van der Waals surface area contributed by atoms with Crippen LogP contribution in [0.5, 0.6) is 0 Å². The van der Waals surface area contributed by atoms with Crippen molar-refractivity contribution in [1.29, 1.82) is 0 Å². The number of hydrogen-bond donors (Lipinski definition) is 4. The Morgan fingerprint density at radius 3 is 1.47 bits per heavy atom. The number of unbranched alkanes of at least 4 members (excludes halogenated alkanes) is 15. The van der Waals surface area contributed by atoms with Crippen LogP contribution in [0.2, 0.25) is 0 Å². The highest BCUT2D eigenvalue weighted by molar-refractivity contribution is 5.70. The average molecular weight is 805 g/mol. The van der Waals surface area contributed by atoms with E-state index in [-0.39, 0.29) is 26.1 Å². The van der Waals surface area contributed by atoms with Crippen molar-refractivity contribution < 1.29 is 49.0 Å². The van der Waals surface area contributed by atoms with E-state index in [1.807, 2.05) is 0 Å². The third-order valence-corrected chi connectivity index (χ3v) is 9.88. The first-order valence-corrected chi connectivity index (χ1v) is 22.4. The lowest BCUT2D eigenvalue weighted by atomic mass is 9.99. The second-order valence-electron chi connectivity index (χ2n) is 15.1. The van der Waals surface area contributed by atoms with Gasteiger partial charge in [-0.2, -0.15) is 0 Å². The standard InChI is InChI=1S/C47H80O10/c1-3-5-7-9-11-13-15-17-19-20-22-24-26-28-30-32-34-36-43(50)56-40(39-55-47-46(53)45(52)44(51)41(37-48)57-47)38-54-42(49)35-33-31-29-27-25-23-21-18-16-14-12-10-8-6-4-2/h11-14,17-19,21-22,24,40-41,44-48,51-53H,3-10,15-16,20,23,25-39H2,1-2H3/b13-11+,14-12+,19-17+,21-18+,24-22+/t40-,41-,44+,45?,46?,47-/m1/s1. The summed E-state index contributed by atoms with van der Waals surface area (Å²) in [7, 11) is 0. The van der Waals surface area contributed by atoms with Crippen LogP contribution in [0.1, 0.15) is 168 Å². The molecule has 4 N–H and O–H groups in total. The Morgan fingerprint density at radius 2 is 0.982 bits per heavy atom. The number of aliphatic hydroxyl groups is 4. The number of rotatable bonds is 36. The van der Waals surface area contributed by atoms with Crippen molar-refractivity contribution in [2.75, 3.05) is 19.8 Å². The third-order valence-electron chi connectivity index (χ3n) is 9.88. The van der Waals surface area contributed by atoms with Crippen molar-refractivity contribution >= 4 is 11.9 Å². The molecular formula is C47H80O10. The summed E-state index contributed by atoms with van der Waals surface area (Å²) >= 11 is 0. The fourth-order valence-corrected chi connectivity index (χ4v) is 6.28. The van der Waals surface area contributed by atoms with Crippen molar-refractivity contribution in [3.05, 3.63) is 60.8 Å². The molecule has 1 heterocycles. The molecule has 0 spiro atoms. The summed E-state index contributed by atoms with van der Waals surface area (Å²) in [6, 6.07) is 0. The summed E-state index contributed by atoms with van der Waals surface area (Å²) in [5.41, 5.74) is 0. The third kappa shape index (κ3) is 29.3. The van der Waals surface area contributed by atoms with Crippen molar-refractivity contribution in [1.82, 2.24) is 0 Å². The molecule has 1 rings (SSSR count). The van der Waals surface area contributed by atoms with Gasteiger partial charge in [0.15, 0.2) is 12.4 Å². The fraction of sp³-hybridized carbons (Fsp3) is 0.745. The van der Waals surface area contributed by atoms with Crippen LogP contribution in [0.15, 0.2) is 60.8 Å². The van der Waals surface area contributed by atoms with Crippen LogP contribution in [0, 0.1) is 0 Å². The van der Waals surface area contributed by atoms with Crippen molar-refractivity contribution in [2.45, 2.75) is 205 Å². The Bertz CT molecular complexity index is 1110. The minimum Gasteiger partial charge on any atom is -0.462 e. The molecule has 10 heteroatoms. The van der Waals surface area contributed by atoms with Crippen LogP contribution in [-0.4, -0.2) is 89.0 Å². The molecule has 2 unspecified atom stereocenters. The molecule has 0 radical (unpaired) electrons. The zero-order chi connectivity index (χ0) is 41.6. The first kappa shape index (κ1) is 52.4. The van der Waals surface area contributed by atoms with Crippen LogP contribution in [-0.2, 0) is 28.5 Å². The lowest BCUT2D eigenvalue weighted by Crippen LogP contribution is -2.59. The topological polar surface area (TPSA) is 152 Å². The monoisotopic (exact) mass is 805 g/mol. The highest BCUT2D eigenvalue weighted by Crippen LogP contribution is 2.22. The van der Waals surface area contributed by atoms with Gasteiger partial charge in [0.1, 0.15) is 31.0 Å². The lowest BCUT2D eigenvalue weighted by molar-refractivity contribution is -0.305. The zero-order valence-electron chi connectivity index (χ0n) is 35.6. The van der Waals surface area contributed by atoms with Crippen molar-refractivity contribution in [3.8, 4) is 0 Å². The van der Waals surface area contributed by atoms with Crippen LogP contribution in [0.3, 0.4) is 0 Å². The van der Waals surface area contributed by atoms with E-state index in [2.05, 4.69) is 74.6 Å². The van der Waals surface area contributed by atoms with Gasteiger partial charge >= 0.3 is 11.9 Å². The molecule has 1 saturated heterocycles. The lowest BCUT2D eigenvalue weighted by Gasteiger charge is -2.39. The van der Waals surface area contributed by atoms with Gasteiger partial charge in [0.25, 0.3) is 0 Å². The molecule has 57 heavy (non-hydrogen) atoms. The molecule has 1 fully saturated rings. The Balaban J connectivity index is 2.37. The van der Waals surface area contributed by atoms with Gasteiger partial charge in [-0.3, -0.25) is 9.59 Å². The quantitative estimate of drug-likeness (QED) is 0.0274. The normalized spacial score (nSPS) is 20.8. The molecule has 1 aliphatic rings. The second-order valence-corrected chi connectivity index (χ2v) is 15.1. The SMILES string of the molecule is CCCCC/C=C/C/C=C/C/C=C/CCCCCCC(=O)O[C@H](COC(=O)CCCCCCC/C=C/C/C=C/CCCCC)CO[C@@H]1O[C@H](CO)[C@H](O)C(O)C1O. The van der Waals surface area contributed by atoms with Gasteiger partial charge in [0.05, 0.1) is 13.2 Å². The molecular weight excluding hydrogens is 725 g/mol. The van der Waals surface area contributed by atoms with Gasteiger partial charge in [0.2, 0.25) is 0 Å². The summed E-state index contributed by atoms with van der Waals surface area (Å²) < 4.78 is 22.1. The predicted molar refractivity (Wildman–Crippen MR) is 228 cm³/mol. The Hall–Kier alpha value is -2.60. The summed E-state index contributed by atoms with van der Waals surface area (Å²) in [4.78, 5) is 25.3. The van der Waals surface area contributed by atoms with Gasteiger partial charge in [-0.1, -0.05) is 132 Å². The van der Waals surface area contributed by atoms with Gasteiger partial charge in [-0.25, -0.2) is 0 Å². The van der Waals surface area contributed by atoms with Crippen molar-refractivity contribution in [2.24, 2.45) is 0 Å². The van der Waals surface area contributed by atoms with E-state index < -0.39 is 55.4 Å². The number of hydrogen-bond acceptors (Lipinski definition) is 10. The number of carbonyl (C=O) groups excluding carboxylic acids is 2. The average Bonchev–Trinajstić information content (AvgIpc) is 3.21. The molecule has 10 nitrogen and oxygen atoms in total. The molecule has 0 bridgehead atoms. The summed E-state index contributed by atoms with van der Waals surface area (Å²) in [5.74, 6) is -0.852. The van der Waals surface area contributed by atoms with E-state index in [9.17, 15) is 30.0 Å². The Kier molecular flexibility index (Phi) is 34.6. The molecule has 328 valence electrons. The largest absolute Gasteiger partial charge is 0.462 e. The molecule has 0 saturated carbocycles. The first-order chi connectivity index (χ1) is 27.8. The maximum atomic E-state index is 12.8. The minimum atomic E-state index is -1.60. The van der Waals surface area contributed by atoms with Crippen molar-refractivity contribution in [3.63, 3.8) is 0 Å². The number of ether oxygens (including phenoxy) is 4. The zero-order valence-corrected chi connectivity index (χ0v) is 35.6. The summed E-state index contributed by atoms with van der Waals surface area (Å²) in [5, 5.41) is 40.1. The maximum Gasteiger partial charge on any atom is 0.306 e. The van der Waals surface area contributed by atoms with Gasteiger partial charge in [-0.15, -0.1) is 0 Å². The van der Waals surface area contributed by atoms with Gasteiger partial charge in [0, 0.05) is 12.8 Å². The maximum absolute atomic E-state index is 12.8. The fourth-order valence-electron chi connectivity index (χ4n) is 6.28. The molecule has 0 aromatic rings. The predicted octanol–water partition coefficient (Wildman–Crippen LogP) is 9.44. The smallest absolute Gasteiger partial charge is 0.306 e. The first-order valence-electron chi connectivity index (χ1n) is 22.4. The molecule has 1 aliphatic heterocycles. The second kappa shape index (κ2) is 37.7. The summed E-state index contributed by atoms with van der Waals surface area (Å²) in [6.45, 7) is 3.32. The molecule has 0 amide bonds. The number of carbonyl (C=O) groups is 2. The highest BCUT2D eigenvalue weighted by Gasteiger charge is 2.44. The highest BCUT2D eigenvalue weighted by atomic mass is 16.7. The summed E-state index contributed by atoms with van der Waals surface area (Å²) in [6.07, 6.45) is 37.9. The van der Waals surface area contributed by atoms with E-state index in [0.29, 0.717) is 12.8 Å². The van der Waals surface area contributed by atoms with Crippen LogP contribution in [0.25, 0.3) is 0 Å². The van der Waals surface area contributed by atoms with Crippen LogP contribution >= 0.6 is 0 Å². The van der Waals surface area contributed by atoms with Crippen LogP contribution in [0.4, 0.5) is 0 Å².